The van der Waals surface area contributed by atoms with Crippen molar-refractivity contribution in [1.82, 2.24) is 0 Å². The quantitative estimate of drug-likeness (QED) is 0.567. The molecule has 0 unspecified atom stereocenters. The van der Waals surface area contributed by atoms with Crippen LogP contribution in [0.25, 0.3) is 0 Å². The third kappa shape index (κ3) is 5.81. The Morgan fingerprint density at radius 1 is 0.938 bits per heavy atom. The number of ether oxygens (including phenoxy) is 3. The molecule has 0 aliphatic heterocycles. The average molecular weight is 228 g/mol. The third-order valence-corrected chi connectivity index (χ3v) is 2.44. The van der Waals surface area contributed by atoms with E-state index in [-0.39, 0.29) is 5.41 Å². The van der Waals surface area contributed by atoms with E-state index < -0.39 is 0 Å². The minimum Gasteiger partial charge on any atom is -0.501 e. The third-order valence-electron chi connectivity index (χ3n) is 2.44. The van der Waals surface area contributed by atoms with E-state index in [1.54, 1.807) is 19.6 Å². The van der Waals surface area contributed by atoms with Gasteiger partial charge in [-0.25, -0.2) is 0 Å². The fourth-order valence-corrected chi connectivity index (χ4v) is 1.38. The van der Waals surface area contributed by atoms with Crippen LogP contribution in [-0.2, 0) is 14.2 Å². The lowest BCUT2D eigenvalue weighted by Gasteiger charge is -2.30. The summed E-state index contributed by atoms with van der Waals surface area (Å²) < 4.78 is 16.2. The number of methoxy groups -OCH3 is 1. The molecule has 0 aromatic rings. The first-order valence-corrected chi connectivity index (χ1v) is 5.69. The molecule has 0 saturated heterocycles. The molecule has 0 aliphatic carbocycles. The summed E-state index contributed by atoms with van der Waals surface area (Å²) in [6, 6.07) is 0. The summed E-state index contributed by atoms with van der Waals surface area (Å²) in [7, 11) is 1.70. The molecule has 0 fully saturated rings. The Kier molecular flexibility index (Phi) is 8.72. The number of allylic oxidation sites excluding steroid dienone is 2. The largest absolute Gasteiger partial charge is 0.501 e. The van der Waals surface area contributed by atoms with Crippen LogP contribution in [0.15, 0.2) is 24.7 Å². The summed E-state index contributed by atoms with van der Waals surface area (Å²) in [5.41, 5.74) is -0.0756. The molecule has 0 aromatic carbocycles. The maximum Gasteiger partial charge on any atom is 0.0984 e. The van der Waals surface area contributed by atoms with Crippen LogP contribution in [0.2, 0.25) is 0 Å². The van der Waals surface area contributed by atoms with Gasteiger partial charge in [-0.2, -0.15) is 0 Å². The fourth-order valence-electron chi connectivity index (χ4n) is 1.38. The van der Waals surface area contributed by atoms with E-state index in [1.165, 1.54) is 0 Å². The Balaban J connectivity index is 4.30. The zero-order valence-corrected chi connectivity index (χ0v) is 10.9. The minimum absolute atomic E-state index is 0.0756. The van der Waals surface area contributed by atoms with E-state index in [1.807, 2.05) is 26.0 Å². The van der Waals surface area contributed by atoms with Crippen molar-refractivity contribution in [3.8, 4) is 0 Å². The van der Waals surface area contributed by atoms with Crippen LogP contribution >= 0.6 is 0 Å². The van der Waals surface area contributed by atoms with E-state index in [0.717, 1.165) is 6.42 Å². The van der Waals surface area contributed by atoms with E-state index in [0.29, 0.717) is 19.8 Å². The number of hydrogen-bond donors (Lipinski definition) is 0. The van der Waals surface area contributed by atoms with Gasteiger partial charge in [-0.15, -0.1) is 0 Å². The highest BCUT2D eigenvalue weighted by molar-refractivity contribution is 4.81. The van der Waals surface area contributed by atoms with E-state index in [2.05, 4.69) is 6.92 Å². The summed E-state index contributed by atoms with van der Waals surface area (Å²) in [6.45, 7) is 7.84. The maximum atomic E-state index is 5.46. The smallest absolute Gasteiger partial charge is 0.0984 e. The minimum atomic E-state index is -0.0756. The second-order valence-corrected chi connectivity index (χ2v) is 3.85. The van der Waals surface area contributed by atoms with E-state index in [9.17, 15) is 0 Å². The SMILES string of the molecule is C/C=C/OCC(CC)(COC)CO/C=C/C. The molecule has 94 valence electrons. The second-order valence-electron chi connectivity index (χ2n) is 3.85. The molecule has 0 aliphatic rings. The van der Waals surface area contributed by atoms with Crippen LogP contribution < -0.4 is 0 Å². The number of rotatable bonds is 9. The molecule has 0 aromatic heterocycles. The normalized spacial score (nSPS) is 12.5. The van der Waals surface area contributed by atoms with Gasteiger partial charge >= 0.3 is 0 Å². The van der Waals surface area contributed by atoms with Crippen molar-refractivity contribution in [1.29, 1.82) is 0 Å². The molecule has 3 heteroatoms. The predicted octanol–water partition coefficient (Wildman–Crippen LogP) is 3.13. The van der Waals surface area contributed by atoms with Gasteiger partial charge in [0, 0.05) is 7.11 Å². The lowest BCUT2D eigenvalue weighted by molar-refractivity contribution is -0.0227. The van der Waals surface area contributed by atoms with Crippen molar-refractivity contribution in [3.05, 3.63) is 24.7 Å². The average Bonchev–Trinajstić information content (AvgIpc) is 2.29. The standard InChI is InChI=1S/C13H24O3/c1-5-8-15-11-13(7-3,10-14-4)12-16-9-6-2/h5-6,8-9H,7,10-12H2,1-4H3/b8-5+,9-6+. The molecule has 16 heavy (non-hydrogen) atoms. The lowest BCUT2D eigenvalue weighted by atomic mass is 9.88. The Morgan fingerprint density at radius 2 is 1.44 bits per heavy atom. The molecule has 0 amide bonds. The van der Waals surface area contributed by atoms with Crippen molar-refractivity contribution < 1.29 is 14.2 Å². The summed E-state index contributed by atoms with van der Waals surface area (Å²) in [4.78, 5) is 0. The zero-order valence-electron chi connectivity index (χ0n) is 10.9. The first-order chi connectivity index (χ1) is 7.74. The van der Waals surface area contributed by atoms with Crippen molar-refractivity contribution in [2.45, 2.75) is 27.2 Å². The summed E-state index contributed by atoms with van der Waals surface area (Å²) in [5.74, 6) is 0. The highest BCUT2D eigenvalue weighted by Crippen LogP contribution is 2.23. The molecular formula is C13H24O3. The molecule has 0 rings (SSSR count). The van der Waals surface area contributed by atoms with Crippen LogP contribution in [0.3, 0.4) is 0 Å². The van der Waals surface area contributed by atoms with Gasteiger partial charge in [-0.05, 0) is 20.3 Å². The van der Waals surface area contributed by atoms with Crippen molar-refractivity contribution in [2.75, 3.05) is 26.9 Å². The molecular weight excluding hydrogens is 204 g/mol. The van der Waals surface area contributed by atoms with Crippen molar-refractivity contribution in [3.63, 3.8) is 0 Å². The van der Waals surface area contributed by atoms with Gasteiger partial charge < -0.3 is 14.2 Å². The monoisotopic (exact) mass is 228 g/mol. The van der Waals surface area contributed by atoms with Gasteiger partial charge in [-0.3, -0.25) is 0 Å². The van der Waals surface area contributed by atoms with Crippen molar-refractivity contribution >= 4 is 0 Å². The topological polar surface area (TPSA) is 27.7 Å². The first kappa shape index (κ1) is 15.0. The molecule has 0 spiro atoms. The van der Waals surface area contributed by atoms with Gasteiger partial charge in [0.25, 0.3) is 0 Å². The molecule has 0 N–H and O–H groups in total. The van der Waals surface area contributed by atoms with Crippen molar-refractivity contribution in [2.24, 2.45) is 5.41 Å². The first-order valence-electron chi connectivity index (χ1n) is 5.69. The Labute approximate surface area is 99.1 Å². The molecule has 0 heterocycles. The fraction of sp³-hybridized carbons (Fsp3) is 0.692. The van der Waals surface area contributed by atoms with Gasteiger partial charge in [-0.1, -0.05) is 19.1 Å². The highest BCUT2D eigenvalue weighted by Gasteiger charge is 2.29. The maximum absolute atomic E-state index is 5.46. The molecule has 3 nitrogen and oxygen atoms in total. The Bertz CT molecular complexity index is 193. The zero-order chi connectivity index (χ0) is 12.3. The lowest BCUT2D eigenvalue weighted by Crippen LogP contribution is -2.35. The number of hydrogen-bond acceptors (Lipinski definition) is 3. The Hall–Kier alpha value is -0.960. The van der Waals surface area contributed by atoms with Crippen LogP contribution in [0.5, 0.6) is 0 Å². The van der Waals surface area contributed by atoms with Gasteiger partial charge in [0.15, 0.2) is 0 Å². The van der Waals surface area contributed by atoms with Crippen LogP contribution in [-0.4, -0.2) is 26.9 Å². The predicted molar refractivity (Wildman–Crippen MR) is 66.1 cm³/mol. The Morgan fingerprint density at radius 3 is 1.75 bits per heavy atom. The summed E-state index contributed by atoms with van der Waals surface area (Å²) in [5, 5.41) is 0. The van der Waals surface area contributed by atoms with E-state index in [4.69, 9.17) is 14.2 Å². The molecule has 0 radical (unpaired) electrons. The van der Waals surface area contributed by atoms with Crippen LogP contribution in [0.4, 0.5) is 0 Å². The molecule has 0 saturated carbocycles. The van der Waals surface area contributed by atoms with Crippen LogP contribution in [0, 0.1) is 5.41 Å². The van der Waals surface area contributed by atoms with Gasteiger partial charge in [0.05, 0.1) is 37.8 Å². The molecule has 0 bridgehead atoms. The molecule has 0 atom stereocenters. The van der Waals surface area contributed by atoms with E-state index >= 15 is 0 Å². The summed E-state index contributed by atoms with van der Waals surface area (Å²) in [6.07, 6.45) is 8.11. The van der Waals surface area contributed by atoms with Gasteiger partial charge in [0.2, 0.25) is 0 Å². The summed E-state index contributed by atoms with van der Waals surface area (Å²) >= 11 is 0. The van der Waals surface area contributed by atoms with Crippen LogP contribution in [0.1, 0.15) is 27.2 Å². The van der Waals surface area contributed by atoms with Gasteiger partial charge in [0.1, 0.15) is 0 Å². The highest BCUT2D eigenvalue weighted by atomic mass is 16.5. The second kappa shape index (κ2) is 9.28.